The number of nitrogens with zero attached hydrogens (tertiary/aromatic N) is 4. The van der Waals surface area contributed by atoms with Gasteiger partial charge in [-0.05, 0) is 50.6 Å². The van der Waals surface area contributed by atoms with Crippen LogP contribution in [0.25, 0.3) is 5.00 Å². The Hall–Kier alpha value is -2.47. The number of benzene rings is 1. The highest BCUT2D eigenvalue weighted by atomic mass is 32.1. The van der Waals surface area contributed by atoms with Crippen LogP contribution in [-0.2, 0) is 6.54 Å². The van der Waals surface area contributed by atoms with Crippen LogP contribution < -0.4 is 4.74 Å². The zero-order valence-corrected chi connectivity index (χ0v) is 14.9. The van der Waals surface area contributed by atoms with Gasteiger partial charge in [0.25, 0.3) is 0 Å². The molecule has 0 bridgehead atoms. The lowest BCUT2D eigenvalue weighted by Crippen LogP contribution is -2.07. The van der Waals surface area contributed by atoms with E-state index in [1.54, 1.807) is 18.4 Å². The van der Waals surface area contributed by atoms with Gasteiger partial charge in [-0.15, -0.1) is 21.5 Å². The van der Waals surface area contributed by atoms with E-state index in [-0.39, 0.29) is 0 Å². The monoisotopic (exact) mass is 338 g/mol. The molecule has 4 rings (SSSR count). The van der Waals surface area contributed by atoms with Gasteiger partial charge in [0.1, 0.15) is 23.1 Å². The Balaban J connectivity index is 1.95. The molecule has 122 valence electrons. The van der Waals surface area contributed by atoms with Crippen LogP contribution in [0.2, 0.25) is 0 Å². The van der Waals surface area contributed by atoms with Crippen molar-refractivity contribution in [2.75, 3.05) is 7.11 Å². The number of aryl methyl sites for hydroxylation is 2. The van der Waals surface area contributed by atoms with E-state index in [2.05, 4.69) is 40.7 Å². The van der Waals surface area contributed by atoms with Gasteiger partial charge in [-0.1, -0.05) is 0 Å². The summed E-state index contributed by atoms with van der Waals surface area (Å²) in [5, 5.41) is 9.70. The lowest BCUT2D eigenvalue weighted by molar-refractivity contribution is 0.415. The van der Waals surface area contributed by atoms with Crippen LogP contribution in [-0.4, -0.2) is 27.6 Å². The first-order valence-corrected chi connectivity index (χ1v) is 8.62. The van der Waals surface area contributed by atoms with Gasteiger partial charge >= 0.3 is 0 Å². The summed E-state index contributed by atoms with van der Waals surface area (Å²) in [4.78, 5) is 6.17. The number of hydrogen-bond donors (Lipinski definition) is 0. The van der Waals surface area contributed by atoms with Crippen molar-refractivity contribution in [3.05, 3.63) is 57.5 Å². The lowest BCUT2D eigenvalue weighted by Gasteiger charge is -2.10. The molecule has 0 atom stereocenters. The van der Waals surface area contributed by atoms with Gasteiger partial charge in [0.2, 0.25) is 0 Å². The summed E-state index contributed by atoms with van der Waals surface area (Å²) < 4.78 is 7.41. The van der Waals surface area contributed by atoms with Crippen molar-refractivity contribution in [3.8, 4) is 10.8 Å². The van der Waals surface area contributed by atoms with E-state index in [9.17, 15) is 0 Å². The number of ether oxygens (including phenoxy) is 1. The minimum atomic E-state index is 0.530. The fourth-order valence-electron chi connectivity index (χ4n) is 3.03. The van der Waals surface area contributed by atoms with Gasteiger partial charge in [0, 0.05) is 16.0 Å². The first kappa shape index (κ1) is 15.1. The maximum atomic E-state index is 5.27. The fourth-order valence-corrected chi connectivity index (χ4v) is 4.26. The van der Waals surface area contributed by atoms with Crippen LogP contribution >= 0.6 is 11.3 Å². The van der Waals surface area contributed by atoms with Gasteiger partial charge in [0.05, 0.1) is 12.8 Å². The molecule has 0 amide bonds. The molecular weight excluding hydrogens is 320 g/mol. The van der Waals surface area contributed by atoms with E-state index >= 15 is 0 Å². The zero-order chi connectivity index (χ0) is 16.8. The van der Waals surface area contributed by atoms with Crippen LogP contribution in [0, 0.1) is 20.8 Å². The molecule has 1 aliphatic heterocycles. The third-order valence-electron chi connectivity index (χ3n) is 4.44. The normalized spacial score (nSPS) is 13.1. The highest BCUT2D eigenvalue weighted by molar-refractivity contribution is 7.15. The molecule has 2 aromatic heterocycles. The highest BCUT2D eigenvalue weighted by Gasteiger charge is 2.26. The standard InChI is InChI=1S/C18H18N4OS/c1-10-11(2)24-18-16(10)17(13-5-7-14(23-4)8-6-13)19-9-15-21-20-12(3)22(15)18/h5-8H,9H2,1-4H3. The average Bonchev–Trinajstić information content (AvgIpc) is 3.03. The van der Waals surface area contributed by atoms with Gasteiger partial charge < -0.3 is 4.74 Å². The Morgan fingerprint density at radius 1 is 1.08 bits per heavy atom. The summed E-state index contributed by atoms with van der Waals surface area (Å²) in [6.07, 6.45) is 0. The van der Waals surface area contributed by atoms with E-state index in [0.29, 0.717) is 6.54 Å². The second-order valence-corrected chi connectivity index (χ2v) is 7.06. The van der Waals surface area contributed by atoms with Crippen molar-refractivity contribution in [1.82, 2.24) is 14.8 Å². The summed E-state index contributed by atoms with van der Waals surface area (Å²) in [6, 6.07) is 8.07. The molecule has 0 fully saturated rings. The molecule has 0 unspecified atom stereocenters. The predicted molar refractivity (Wildman–Crippen MR) is 95.8 cm³/mol. The van der Waals surface area contributed by atoms with Gasteiger partial charge in [-0.3, -0.25) is 9.56 Å². The molecule has 0 N–H and O–H groups in total. The molecule has 1 aromatic carbocycles. The molecule has 0 aliphatic carbocycles. The minimum absolute atomic E-state index is 0.530. The number of methoxy groups -OCH3 is 1. The topological polar surface area (TPSA) is 52.3 Å². The van der Waals surface area contributed by atoms with Gasteiger partial charge in [-0.2, -0.15) is 0 Å². The van der Waals surface area contributed by atoms with Crippen LogP contribution in [0.15, 0.2) is 29.3 Å². The molecule has 6 heteroatoms. The van der Waals surface area contributed by atoms with E-state index in [4.69, 9.17) is 9.73 Å². The number of rotatable bonds is 2. The quantitative estimate of drug-likeness (QED) is 0.717. The van der Waals surface area contributed by atoms with Crippen LogP contribution in [0.3, 0.4) is 0 Å². The largest absolute Gasteiger partial charge is 0.497 e. The van der Waals surface area contributed by atoms with Crippen LogP contribution in [0.5, 0.6) is 5.75 Å². The Labute approximate surface area is 144 Å². The summed E-state index contributed by atoms with van der Waals surface area (Å²) in [7, 11) is 1.68. The number of aliphatic imine (C=N–C) groups is 1. The average molecular weight is 338 g/mol. The van der Waals surface area contributed by atoms with E-state index in [1.807, 2.05) is 19.1 Å². The molecular formula is C18H18N4OS. The van der Waals surface area contributed by atoms with Crippen LogP contribution in [0.1, 0.15) is 33.2 Å². The highest BCUT2D eigenvalue weighted by Crippen LogP contribution is 2.36. The number of fused-ring (bicyclic) bond motifs is 3. The molecule has 3 heterocycles. The summed E-state index contributed by atoms with van der Waals surface area (Å²) in [5.41, 5.74) is 4.56. The first-order chi connectivity index (χ1) is 11.6. The summed E-state index contributed by atoms with van der Waals surface area (Å²) in [6.45, 7) is 6.83. The molecule has 0 spiro atoms. The van der Waals surface area contributed by atoms with Crippen molar-refractivity contribution in [3.63, 3.8) is 0 Å². The summed E-state index contributed by atoms with van der Waals surface area (Å²) in [5.74, 6) is 2.64. The number of aromatic nitrogens is 3. The lowest BCUT2D eigenvalue weighted by atomic mass is 10.00. The third kappa shape index (κ3) is 2.17. The second kappa shape index (κ2) is 5.56. The van der Waals surface area contributed by atoms with Crippen LogP contribution in [0.4, 0.5) is 0 Å². The molecule has 24 heavy (non-hydrogen) atoms. The van der Waals surface area contributed by atoms with E-state index in [0.717, 1.165) is 33.7 Å². The molecule has 0 radical (unpaired) electrons. The SMILES string of the molecule is COc1ccc(C2=NCc3nnc(C)n3-c3sc(C)c(C)c32)cc1. The van der Waals surface area contributed by atoms with Crippen molar-refractivity contribution in [2.45, 2.75) is 27.3 Å². The van der Waals surface area contributed by atoms with E-state index < -0.39 is 0 Å². The van der Waals surface area contributed by atoms with Gasteiger partial charge in [-0.25, -0.2) is 0 Å². The molecule has 0 saturated carbocycles. The van der Waals surface area contributed by atoms with Crippen molar-refractivity contribution in [1.29, 1.82) is 0 Å². The summed E-state index contributed by atoms with van der Waals surface area (Å²) >= 11 is 1.78. The van der Waals surface area contributed by atoms with E-state index in [1.165, 1.54) is 16.0 Å². The van der Waals surface area contributed by atoms with Crippen molar-refractivity contribution < 1.29 is 4.74 Å². The predicted octanol–water partition coefficient (Wildman–Crippen LogP) is 3.61. The fraction of sp³-hybridized carbons (Fsp3) is 0.278. The Morgan fingerprint density at radius 3 is 2.54 bits per heavy atom. The Kier molecular flexibility index (Phi) is 3.49. The maximum Gasteiger partial charge on any atom is 0.160 e. The Morgan fingerprint density at radius 2 is 1.83 bits per heavy atom. The van der Waals surface area contributed by atoms with Gasteiger partial charge in [0.15, 0.2) is 5.82 Å². The molecule has 3 aromatic rings. The number of thiophene rings is 1. The molecule has 5 nitrogen and oxygen atoms in total. The molecule has 0 saturated heterocycles. The molecule has 1 aliphatic rings. The minimum Gasteiger partial charge on any atom is -0.497 e. The number of hydrogen-bond acceptors (Lipinski definition) is 5. The van der Waals surface area contributed by atoms with Crippen molar-refractivity contribution in [2.24, 2.45) is 4.99 Å². The van der Waals surface area contributed by atoms with Crippen molar-refractivity contribution >= 4 is 17.0 Å². The Bertz CT molecular complexity index is 950. The smallest absolute Gasteiger partial charge is 0.160 e. The first-order valence-electron chi connectivity index (χ1n) is 7.80. The zero-order valence-electron chi connectivity index (χ0n) is 14.1. The third-order valence-corrected chi connectivity index (χ3v) is 5.63. The maximum absolute atomic E-state index is 5.27. The second-order valence-electron chi connectivity index (χ2n) is 5.86.